The summed E-state index contributed by atoms with van der Waals surface area (Å²) in [5.41, 5.74) is 9.22. The number of benzene rings is 2. The van der Waals surface area contributed by atoms with Gasteiger partial charge in [-0.25, -0.2) is 17.6 Å². The van der Waals surface area contributed by atoms with Gasteiger partial charge in [-0.3, -0.25) is 0 Å². The van der Waals surface area contributed by atoms with Crippen LogP contribution >= 0.6 is 0 Å². The molecule has 0 radical (unpaired) electrons. The van der Waals surface area contributed by atoms with Crippen LogP contribution in [0.1, 0.15) is 24.2 Å². The monoisotopic (exact) mass is 430 g/mol. The van der Waals surface area contributed by atoms with Crippen LogP contribution in [0.15, 0.2) is 59.5 Å². The zero-order chi connectivity index (χ0) is 22.1. The van der Waals surface area contributed by atoms with Crippen molar-refractivity contribution in [3.05, 3.63) is 71.7 Å². The van der Waals surface area contributed by atoms with Gasteiger partial charge in [0.05, 0.1) is 17.2 Å². The lowest BCUT2D eigenvalue weighted by molar-refractivity contribution is -0.144. The Balaban J connectivity index is 2.20. The fourth-order valence-corrected chi connectivity index (χ4v) is 3.96. The molecule has 0 amide bonds. The fraction of sp³-hybridized carbons (Fsp3) is 0.227. The van der Waals surface area contributed by atoms with Crippen LogP contribution in [-0.4, -0.2) is 31.8 Å². The van der Waals surface area contributed by atoms with Crippen molar-refractivity contribution in [2.24, 2.45) is 5.73 Å². The molecule has 0 aliphatic heterocycles. The van der Waals surface area contributed by atoms with Crippen molar-refractivity contribution in [3.8, 4) is 16.9 Å². The molecule has 1 aromatic heterocycles. The number of esters is 1. The van der Waals surface area contributed by atoms with Crippen LogP contribution in [0.4, 0.5) is 4.39 Å². The average Bonchev–Trinajstić information content (AvgIpc) is 3.04. The van der Waals surface area contributed by atoms with Gasteiger partial charge in [-0.2, -0.15) is 0 Å². The molecule has 6 nitrogen and oxygen atoms in total. The van der Waals surface area contributed by atoms with E-state index in [-0.39, 0.29) is 11.5 Å². The minimum atomic E-state index is -3.34. The van der Waals surface area contributed by atoms with Gasteiger partial charge in [0.25, 0.3) is 0 Å². The summed E-state index contributed by atoms with van der Waals surface area (Å²) in [6.45, 7) is 3.69. The Morgan fingerprint density at radius 3 is 2.40 bits per heavy atom. The van der Waals surface area contributed by atoms with Gasteiger partial charge in [0.2, 0.25) is 0 Å². The Morgan fingerprint density at radius 1 is 1.17 bits per heavy atom. The van der Waals surface area contributed by atoms with E-state index in [0.29, 0.717) is 28.2 Å². The predicted molar refractivity (Wildman–Crippen MR) is 113 cm³/mol. The third-order valence-electron chi connectivity index (χ3n) is 4.81. The van der Waals surface area contributed by atoms with Gasteiger partial charge in [-0.1, -0.05) is 18.2 Å². The smallest absolute Gasteiger partial charge is 0.327 e. The van der Waals surface area contributed by atoms with Gasteiger partial charge in [-0.05, 0) is 55.8 Å². The van der Waals surface area contributed by atoms with Crippen LogP contribution in [0.5, 0.6) is 0 Å². The van der Waals surface area contributed by atoms with E-state index in [0.717, 1.165) is 6.26 Å². The minimum Gasteiger partial charge on any atom is -0.465 e. The summed E-state index contributed by atoms with van der Waals surface area (Å²) in [4.78, 5) is 12.4. The summed E-state index contributed by atoms with van der Waals surface area (Å²) in [6, 6.07) is 13.1. The van der Waals surface area contributed by atoms with E-state index in [2.05, 4.69) is 0 Å². The topological polar surface area (TPSA) is 91.4 Å². The molecule has 0 fully saturated rings. The molecular weight excluding hydrogens is 407 g/mol. The van der Waals surface area contributed by atoms with Crippen LogP contribution < -0.4 is 5.73 Å². The van der Waals surface area contributed by atoms with E-state index in [1.165, 1.54) is 24.3 Å². The van der Waals surface area contributed by atoms with E-state index in [4.69, 9.17) is 10.5 Å². The molecule has 0 saturated heterocycles. The first-order chi connectivity index (χ1) is 14.1. The lowest BCUT2D eigenvalue weighted by Crippen LogP contribution is -2.24. The van der Waals surface area contributed by atoms with Crippen molar-refractivity contribution in [1.29, 1.82) is 0 Å². The van der Waals surface area contributed by atoms with Gasteiger partial charge < -0.3 is 15.0 Å². The van der Waals surface area contributed by atoms with Crippen molar-refractivity contribution >= 4 is 15.8 Å². The highest BCUT2D eigenvalue weighted by Crippen LogP contribution is 2.33. The molecule has 1 heterocycles. The molecule has 0 aliphatic rings. The molecule has 1 unspecified atom stereocenters. The molecule has 0 bridgehead atoms. The quantitative estimate of drug-likeness (QED) is 0.604. The van der Waals surface area contributed by atoms with Gasteiger partial charge in [0.1, 0.15) is 11.9 Å². The molecule has 3 aromatic rings. The Bertz CT molecular complexity index is 1180. The molecule has 2 aromatic carbocycles. The number of ether oxygens (including phenoxy) is 1. The number of aromatic nitrogens is 1. The SMILES string of the molecule is CCOC(=O)C(N)c1cc(-c2ccc(S(C)(=O)=O)cc2)n(-c2cccc(F)c2)c1C. The highest BCUT2D eigenvalue weighted by atomic mass is 32.2. The number of halogens is 1. The number of nitrogens with zero attached hydrogens (tertiary/aromatic N) is 1. The molecular formula is C22H23FN2O4S. The second-order valence-electron chi connectivity index (χ2n) is 6.91. The zero-order valence-corrected chi connectivity index (χ0v) is 17.7. The van der Waals surface area contributed by atoms with Gasteiger partial charge in [0.15, 0.2) is 9.84 Å². The Hall–Kier alpha value is -2.97. The molecule has 1 atom stereocenters. The number of carbonyl (C=O) groups is 1. The van der Waals surface area contributed by atoms with Gasteiger partial charge in [-0.15, -0.1) is 0 Å². The van der Waals surface area contributed by atoms with Crippen molar-refractivity contribution in [3.63, 3.8) is 0 Å². The van der Waals surface area contributed by atoms with Crippen molar-refractivity contribution in [1.82, 2.24) is 4.57 Å². The van der Waals surface area contributed by atoms with Crippen LogP contribution in [0.25, 0.3) is 16.9 Å². The van der Waals surface area contributed by atoms with Gasteiger partial charge >= 0.3 is 5.97 Å². The van der Waals surface area contributed by atoms with Crippen LogP contribution in [-0.2, 0) is 19.4 Å². The number of rotatable bonds is 6. The van der Waals surface area contributed by atoms with Crippen LogP contribution in [0, 0.1) is 12.7 Å². The number of sulfone groups is 1. The third-order valence-corrected chi connectivity index (χ3v) is 5.94. The summed E-state index contributed by atoms with van der Waals surface area (Å²) < 4.78 is 44.3. The summed E-state index contributed by atoms with van der Waals surface area (Å²) in [5, 5.41) is 0. The lowest BCUT2D eigenvalue weighted by Gasteiger charge is -2.14. The standard InChI is InChI=1S/C22H23FN2O4S/c1-4-29-22(26)21(24)19-13-20(15-8-10-18(11-9-15)30(3,27)28)25(14(19)2)17-7-5-6-16(23)12-17/h5-13,21H,4,24H2,1-3H3. The maximum atomic E-state index is 13.9. The zero-order valence-electron chi connectivity index (χ0n) is 16.9. The number of hydrogen-bond donors (Lipinski definition) is 1. The largest absolute Gasteiger partial charge is 0.465 e. The maximum absolute atomic E-state index is 13.9. The molecule has 3 rings (SSSR count). The summed E-state index contributed by atoms with van der Waals surface area (Å²) >= 11 is 0. The molecule has 158 valence electrons. The minimum absolute atomic E-state index is 0.190. The van der Waals surface area contributed by atoms with Gasteiger partial charge in [0, 0.05) is 23.2 Å². The van der Waals surface area contributed by atoms with E-state index in [1.54, 1.807) is 48.7 Å². The van der Waals surface area contributed by atoms with Crippen molar-refractivity contribution < 1.29 is 22.3 Å². The van der Waals surface area contributed by atoms with Crippen LogP contribution in [0.3, 0.4) is 0 Å². The average molecular weight is 431 g/mol. The normalized spacial score (nSPS) is 12.6. The fourth-order valence-electron chi connectivity index (χ4n) is 3.33. The highest BCUT2D eigenvalue weighted by Gasteiger charge is 2.25. The number of nitrogens with two attached hydrogens (primary N) is 1. The Labute approximate surface area is 175 Å². The number of carbonyl (C=O) groups excluding carboxylic acids is 1. The van der Waals surface area contributed by atoms with E-state index in [1.807, 2.05) is 0 Å². The molecule has 0 saturated carbocycles. The van der Waals surface area contributed by atoms with Crippen molar-refractivity contribution in [2.45, 2.75) is 24.8 Å². The Morgan fingerprint density at radius 2 is 1.83 bits per heavy atom. The highest BCUT2D eigenvalue weighted by molar-refractivity contribution is 7.90. The molecule has 8 heteroatoms. The maximum Gasteiger partial charge on any atom is 0.327 e. The Kier molecular flexibility index (Phi) is 6.09. The molecule has 30 heavy (non-hydrogen) atoms. The molecule has 0 spiro atoms. The first-order valence-electron chi connectivity index (χ1n) is 9.34. The summed E-state index contributed by atoms with van der Waals surface area (Å²) in [5.74, 6) is -0.966. The molecule has 2 N–H and O–H groups in total. The summed E-state index contributed by atoms with van der Waals surface area (Å²) in [6.07, 6.45) is 1.14. The third kappa shape index (κ3) is 4.29. The van der Waals surface area contributed by atoms with Crippen molar-refractivity contribution in [2.75, 3.05) is 12.9 Å². The predicted octanol–water partition coefficient (Wildman–Crippen LogP) is 3.56. The van der Waals surface area contributed by atoms with E-state index < -0.39 is 27.7 Å². The lowest BCUT2D eigenvalue weighted by atomic mass is 10.1. The van der Waals surface area contributed by atoms with Crippen LogP contribution in [0.2, 0.25) is 0 Å². The summed E-state index contributed by atoms with van der Waals surface area (Å²) in [7, 11) is -3.34. The van der Waals surface area contributed by atoms with E-state index >= 15 is 0 Å². The second-order valence-corrected chi connectivity index (χ2v) is 8.93. The first kappa shape index (κ1) is 21.7. The first-order valence-corrected chi connectivity index (χ1v) is 11.2. The number of hydrogen-bond acceptors (Lipinski definition) is 5. The second kappa shape index (κ2) is 8.41. The molecule has 0 aliphatic carbocycles. The van der Waals surface area contributed by atoms with E-state index in [9.17, 15) is 17.6 Å².